The summed E-state index contributed by atoms with van der Waals surface area (Å²) in [4.78, 5) is 22.5. The minimum Gasteiger partial charge on any atom is -0.444 e. The van der Waals surface area contributed by atoms with Crippen LogP contribution in [0.2, 0.25) is 0 Å². The van der Waals surface area contributed by atoms with E-state index in [1.165, 1.54) is 0 Å². The molecule has 0 radical (unpaired) electrons. The van der Waals surface area contributed by atoms with Crippen LogP contribution in [-0.4, -0.2) is 27.0 Å². The average Bonchev–Trinajstić information content (AvgIpc) is 3.11. The number of nitrogens with one attached hydrogen (secondary N) is 1. The van der Waals surface area contributed by atoms with Crippen LogP contribution in [-0.2, 0) is 11.3 Å². The first-order valence-electron chi connectivity index (χ1n) is 8.26. The number of rotatable bonds is 5. The van der Waals surface area contributed by atoms with Crippen LogP contribution < -0.4 is 5.32 Å². The summed E-state index contributed by atoms with van der Waals surface area (Å²) in [6.07, 6.45) is 5.12. The summed E-state index contributed by atoms with van der Waals surface area (Å²) in [7, 11) is 0. The SMILES string of the molecule is CC(C)(C)OC(=O)NC1(Cn2cc(-c3ccc(N=O)cc3)cn2)CC1. The van der Waals surface area contributed by atoms with Crippen molar-refractivity contribution in [2.24, 2.45) is 5.18 Å². The van der Waals surface area contributed by atoms with E-state index in [1.807, 2.05) is 43.8 Å². The second kappa shape index (κ2) is 6.31. The van der Waals surface area contributed by atoms with E-state index >= 15 is 0 Å². The predicted octanol–water partition coefficient (Wildman–Crippen LogP) is 4.01. The number of nitrogens with zero attached hydrogens (tertiary/aromatic N) is 3. The van der Waals surface area contributed by atoms with Crippen molar-refractivity contribution in [3.63, 3.8) is 0 Å². The van der Waals surface area contributed by atoms with Crippen molar-refractivity contribution in [3.8, 4) is 11.1 Å². The number of amides is 1. The first kappa shape index (κ1) is 17.1. The molecule has 1 amide bonds. The van der Waals surface area contributed by atoms with E-state index in [4.69, 9.17) is 4.74 Å². The molecule has 25 heavy (non-hydrogen) atoms. The highest BCUT2D eigenvalue weighted by Crippen LogP contribution is 2.37. The Balaban J connectivity index is 1.64. The lowest BCUT2D eigenvalue weighted by molar-refractivity contribution is 0.0489. The predicted molar refractivity (Wildman–Crippen MR) is 94.5 cm³/mol. The van der Waals surface area contributed by atoms with Crippen molar-refractivity contribution in [2.45, 2.75) is 51.3 Å². The van der Waals surface area contributed by atoms with Gasteiger partial charge in [-0.05, 0) is 56.5 Å². The molecule has 0 bridgehead atoms. The summed E-state index contributed by atoms with van der Waals surface area (Å²) in [6.45, 7) is 6.13. The lowest BCUT2D eigenvalue weighted by atomic mass is 10.1. The maximum atomic E-state index is 12.0. The second-order valence-corrected chi connectivity index (χ2v) is 7.47. The Morgan fingerprint density at radius 2 is 1.96 bits per heavy atom. The molecule has 1 aromatic carbocycles. The van der Waals surface area contributed by atoms with Gasteiger partial charge in [0.15, 0.2) is 0 Å². The van der Waals surface area contributed by atoms with Gasteiger partial charge in [-0.2, -0.15) is 5.10 Å². The molecule has 0 spiro atoms. The molecule has 1 heterocycles. The first-order valence-corrected chi connectivity index (χ1v) is 8.26. The van der Waals surface area contributed by atoms with Crippen LogP contribution in [0.5, 0.6) is 0 Å². The lowest BCUT2D eigenvalue weighted by Crippen LogP contribution is -2.43. The first-order chi connectivity index (χ1) is 11.8. The van der Waals surface area contributed by atoms with Crippen molar-refractivity contribution in [1.29, 1.82) is 0 Å². The molecule has 1 saturated carbocycles. The van der Waals surface area contributed by atoms with Gasteiger partial charge in [0.2, 0.25) is 0 Å². The smallest absolute Gasteiger partial charge is 0.408 e. The molecule has 2 aromatic rings. The molecule has 0 atom stereocenters. The largest absolute Gasteiger partial charge is 0.444 e. The van der Waals surface area contributed by atoms with Crippen LogP contribution in [0.15, 0.2) is 41.8 Å². The standard InChI is InChI=1S/C18H22N4O3/c1-17(2,3)25-16(23)20-18(8-9-18)12-22-11-14(10-19-22)13-4-6-15(21-24)7-5-13/h4-7,10-11H,8-9,12H2,1-3H3,(H,20,23). The van der Waals surface area contributed by atoms with Gasteiger partial charge in [-0.1, -0.05) is 12.1 Å². The molecule has 1 aromatic heterocycles. The molecule has 1 N–H and O–H groups in total. The van der Waals surface area contributed by atoms with E-state index in [0.717, 1.165) is 24.0 Å². The molecule has 7 nitrogen and oxygen atoms in total. The summed E-state index contributed by atoms with van der Waals surface area (Å²) >= 11 is 0. The van der Waals surface area contributed by atoms with Crippen molar-refractivity contribution in [1.82, 2.24) is 15.1 Å². The zero-order chi connectivity index (χ0) is 18.1. The summed E-state index contributed by atoms with van der Waals surface area (Å²) in [5.74, 6) is 0. The van der Waals surface area contributed by atoms with E-state index in [1.54, 1.807) is 18.3 Å². The third-order valence-electron chi connectivity index (χ3n) is 4.02. The lowest BCUT2D eigenvalue weighted by Gasteiger charge is -2.23. The highest BCUT2D eigenvalue weighted by atomic mass is 16.6. The molecule has 7 heteroatoms. The topological polar surface area (TPSA) is 85.6 Å². The van der Waals surface area contributed by atoms with Crippen molar-refractivity contribution in [2.75, 3.05) is 0 Å². The molecule has 132 valence electrons. The fourth-order valence-electron chi connectivity index (χ4n) is 2.62. The Hall–Kier alpha value is -2.70. The number of benzene rings is 1. The fourth-order valence-corrected chi connectivity index (χ4v) is 2.62. The van der Waals surface area contributed by atoms with Crippen LogP contribution in [0.4, 0.5) is 10.5 Å². The maximum Gasteiger partial charge on any atom is 0.408 e. The highest BCUT2D eigenvalue weighted by Gasteiger charge is 2.45. The van der Waals surface area contributed by atoms with Crippen molar-refractivity contribution < 1.29 is 9.53 Å². The number of hydrogen-bond donors (Lipinski definition) is 1. The van der Waals surface area contributed by atoms with Crippen molar-refractivity contribution >= 4 is 11.8 Å². The summed E-state index contributed by atoms with van der Waals surface area (Å²) < 4.78 is 7.16. The zero-order valence-corrected chi connectivity index (χ0v) is 14.7. The number of alkyl carbamates (subject to hydrolysis) is 1. The third-order valence-corrected chi connectivity index (χ3v) is 4.02. The van der Waals surface area contributed by atoms with E-state index in [0.29, 0.717) is 12.2 Å². The Morgan fingerprint density at radius 1 is 1.28 bits per heavy atom. The molecule has 0 aliphatic heterocycles. The highest BCUT2D eigenvalue weighted by molar-refractivity contribution is 5.69. The summed E-state index contributed by atoms with van der Waals surface area (Å²) in [6, 6.07) is 7.02. The summed E-state index contributed by atoms with van der Waals surface area (Å²) in [5, 5.41) is 10.2. The van der Waals surface area contributed by atoms with Gasteiger partial charge in [-0.15, -0.1) is 4.91 Å². The minimum atomic E-state index is -0.512. The monoisotopic (exact) mass is 342 g/mol. The summed E-state index contributed by atoms with van der Waals surface area (Å²) in [5.41, 5.74) is 1.52. The van der Waals surface area contributed by atoms with Gasteiger partial charge in [-0.3, -0.25) is 4.68 Å². The van der Waals surface area contributed by atoms with Crippen LogP contribution in [0, 0.1) is 4.91 Å². The Kier molecular flexibility index (Phi) is 4.32. The Morgan fingerprint density at radius 3 is 2.52 bits per heavy atom. The van der Waals surface area contributed by atoms with E-state index in [9.17, 15) is 9.70 Å². The van der Waals surface area contributed by atoms with Gasteiger partial charge in [0.25, 0.3) is 0 Å². The Bertz CT molecular complexity index is 770. The number of ether oxygens (including phenoxy) is 1. The van der Waals surface area contributed by atoms with Crippen molar-refractivity contribution in [3.05, 3.63) is 41.6 Å². The van der Waals surface area contributed by atoms with Gasteiger partial charge in [0.05, 0.1) is 18.3 Å². The normalized spacial score (nSPS) is 15.5. The van der Waals surface area contributed by atoms with E-state index in [2.05, 4.69) is 15.6 Å². The Labute approximate surface area is 146 Å². The molecule has 1 aliphatic rings. The van der Waals surface area contributed by atoms with Gasteiger partial charge in [0, 0.05) is 11.8 Å². The number of aromatic nitrogens is 2. The molecule has 0 saturated heterocycles. The molecule has 1 fully saturated rings. The van der Waals surface area contributed by atoms with Crippen LogP contribution >= 0.6 is 0 Å². The zero-order valence-electron chi connectivity index (χ0n) is 14.7. The number of nitroso groups, excluding NO2 is 1. The molecule has 1 aliphatic carbocycles. The minimum absolute atomic E-state index is 0.281. The third kappa shape index (κ3) is 4.43. The average molecular weight is 342 g/mol. The van der Waals surface area contributed by atoms with Crippen LogP contribution in [0.1, 0.15) is 33.6 Å². The number of carbonyl (C=O) groups excluding carboxylic acids is 1. The van der Waals surface area contributed by atoms with E-state index in [-0.39, 0.29) is 5.54 Å². The fraction of sp³-hybridized carbons (Fsp3) is 0.444. The number of hydrogen-bond acceptors (Lipinski definition) is 5. The van der Waals surface area contributed by atoms with Crippen LogP contribution in [0.3, 0.4) is 0 Å². The molecule has 0 unspecified atom stereocenters. The number of carbonyl (C=O) groups is 1. The molecular formula is C18H22N4O3. The molecule has 3 rings (SSSR count). The maximum absolute atomic E-state index is 12.0. The van der Waals surface area contributed by atoms with E-state index < -0.39 is 11.7 Å². The van der Waals surface area contributed by atoms with Gasteiger partial charge in [0.1, 0.15) is 11.3 Å². The quantitative estimate of drug-likeness (QED) is 0.832. The second-order valence-electron chi connectivity index (χ2n) is 7.47. The van der Waals surface area contributed by atoms with Gasteiger partial charge in [-0.25, -0.2) is 4.79 Å². The van der Waals surface area contributed by atoms with Gasteiger partial charge >= 0.3 is 6.09 Å². The van der Waals surface area contributed by atoms with Gasteiger partial charge < -0.3 is 10.1 Å². The van der Waals surface area contributed by atoms with Crippen LogP contribution in [0.25, 0.3) is 11.1 Å². The molecular weight excluding hydrogens is 320 g/mol.